The van der Waals surface area contributed by atoms with Gasteiger partial charge in [0.15, 0.2) is 0 Å². The fraction of sp³-hybridized carbons (Fsp3) is 0.286. The molecule has 2 heterocycles. The first-order valence-corrected chi connectivity index (χ1v) is 6.66. The number of hydrogen-bond donors (Lipinski definition) is 0. The highest BCUT2D eigenvalue weighted by molar-refractivity contribution is 7.12. The molecule has 0 atom stereocenters. The van der Waals surface area contributed by atoms with Crippen LogP contribution in [0.15, 0.2) is 29.9 Å². The molecule has 0 unspecified atom stereocenters. The van der Waals surface area contributed by atoms with Crippen LogP contribution in [0.5, 0.6) is 5.75 Å². The van der Waals surface area contributed by atoms with E-state index in [2.05, 4.69) is 4.98 Å². The molecule has 2 aromatic rings. The average Bonchev–Trinajstić information content (AvgIpc) is 2.74. The molecule has 0 bridgehead atoms. The van der Waals surface area contributed by atoms with Crippen LogP contribution < -0.4 is 4.74 Å². The van der Waals surface area contributed by atoms with Crippen LogP contribution in [0.4, 0.5) is 0 Å². The van der Waals surface area contributed by atoms with Crippen molar-refractivity contribution in [2.75, 3.05) is 0 Å². The minimum Gasteiger partial charge on any atom is -0.489 e. The van der Waals surface area contributed by atoms with E-state index in [0.717, 1.165) is 10.4 Å². The van der Waals surface area contributed by atoms with Gasteiger partial charge in [-0.25, -0.2) is 0 Å². The highest BCUT2D eigenvalue weighted by Gasteiger charge is 2.14. The number of pyridine rings is 1. The predicted molar refractivity (Wildman–Crippen MR) is 72.5 cm³/mol. The smallest absolute Gasteiger partial charge is 0.204 e. The van der Waals surface area contributed by atoms with Crippen molar-refractivity contribution >= 4 is 17.1 Å². The number of ether oxygens (including phenoxy) is 1. The normalized spacial score (nSPS) is 10.7. The zero-order valence-corrected chi connectivity index (χ0v) is 11.5. The maximum absolute atomic E-state index is 12.3. The third-order valence-corrected chi connectivity index (χ3v) is 3.43. The Labute approximate surface area is 110 Å². The molecule has 0 N–H and O–H groups in total. The molecule has 0 aliphatic heterocycles. The molecular weight excluding hydrogens is 246 g/mol. The van der Waals surface area contributed by atoms with Crippen LogP contribution in [0, 0.1) is 6.92 Å². The first-order chi connectivity index (χ1) is 8.58. The van der Waals surface area contributed by atoms with E-state index in [9.17, 15) is 4.79 Å². The topological polar surface area (TPSA) is 39.2 Å². The number of aromatic nitrogens is 1. The highest BCUT2D eigenvalue weighted by atomic mass is 32.1. The van der Waals surface area contributed by atoms with Crippen LogP contribution in [-0.4, -0.2) is 16.9 Å². The fourth-order valence-electron chi connectivity index (χ4n) is 1.62. The molecular formula is C14H15NO2S. The molecule has 0 aliphatic rings. The third-order valence-electron chi connectivity index (χ3n) is 2.42. The van der Waals surface area contributed by atoms with Gasteiger partial charge >= 0.3 is 0 Å². The lowest BCUT2D eigenvalue weighted by atomic mass is 10.1. The maximum atomic E-state index is 12.3. The van der Waals surface area contributed by atoms with Crippen LogP contribution in [-0.2, 0) is 0 Å². The molecule has 0 amide bonds. The van der Waals surface area contributed by atoms with Crippen molar-refractivity contribution < 1.29 is 9.53 Å². The first-order valence-electron chi connectivity index (χ1n) is 5.78. The van der Waals surface area contributed by atoms with Gasteiger partial charge in [-0.2, -0.15) is 0 Å². The second-order valence-electron chi connectivity index (χ2n) is 4.34. The molecule has 18 heavy (non-hydrogen) atoms. The summed E-state index contributed by atoms with van der Waals surface area (Å²) in [6.07, 6.45) is 3.27. The van der Waals surface area contributed by atoms with Gasteiger partial charge in [0.25, 0.3) is 0 Å². The molecule has 0 fully saturated rings. The summed E-state index contributed by atoms with van der Waals surface area (Å²) in [4.78, 5) is 17.1. The van der Waals surface area contributed by atoms with Crippen LogP contribution in [0.2, 0.25) is 0 Å². The van der Waals surface area contributed by atoms with E-state index < -0.39 is 0 Å². The Morgan fingerprint density at radius 2 is 2.17 bits per heavy atom. The standard InChI is InChI=1S/C14H15NO2S/c1-9(2)17-12-6-11(7-15-8-12)13(16)14-10(3)4-5-18-14/h4-9H,1-3H3. The van der Waals surface area contributed by atoms with Crippen molar-refractivity contribution in [2.24, 2.45) is 0 Å². The van der Waals surface area contributed by atoms with Gasteiger partial charge in [-0.15, -0.1) is 11.3 Å². The number of aryl methyl sites for hydroxylation is 1. The summed E-state index contributed by atoms with van der Waals surface area (Å²) in [7, 11) is 0. The van der Waals surface area contributed by atoms with Crippen LogP contribution in [0.25, 0.3) is 0 Å². The Morgan fingerprint density at radius 1 is 1.39 bits per heavy atom. The van der Waals surface area contributed by atoms with E-state index in [1.54, 1.807) is 18.5 Å². The largest absolute Gasteiger partial charge is 0.489 e. The van der Waals surface area contributed by atoms with Gasteiger partial charge in [-0.05, 0) is 43.8 Å². The molecule has 0 spiro atoms. The lowest BCUT2D eigenvalue weighted by Crippen LogP contribution is -2.07. The number of nitrogens with zero attached hydrogens (tertiary/aromatic N) is 1. The summed E-state index contributed by atoms with van der Waals surface area (Å²) in [5, 5.41) is 1.92. The minimum atomic E-state index is 0.00389. The number of thiophene rings is 1. The van der Waals surface area contributed by atoms with Gasteiger partial charge in [-0.3, -0.25) is 9.78 Å². The quantitative estimate of drug-likeness (QED) is 0.791. The van der Waals surface area contributed by atoms with Gasteiger partial charge in [0.1, 0.15) is 5.75 Å². The van der Waals surface area contributed by atoms with Gasteiger partial charge in [0.2, 0.25) is 5.78 Å². The van der Waals surface area contributed by atoms with Crippen LogP contribution >= 0.6 is 11.3 Å². The number of carbonyl (C=O) groups is 1. The van der Waals surface area contributed by atoms with E-state index in [-0.39, 0.29) is 11.9 Å². The molecule has 94 valence electrons. The molecule has 4 heteroatoms. The minimum absolute atomic E-state index is 0.00389. The van der Waals surface area contributed by atoms with Crippen LogP contribution in [0.1, 0.15) is 34.6 Å². The Balaban J connectivity index is 2.29. The SMILES string of the molecule is Cc1ccsc1C(=O)c1cncc(OC(C)C)c1. The van der Waals surface area contributed by atoms with Crippen molar-refractivity contribution in [3.05, 3.63) is 45.9 Å². The van der Waals surface area contributed by atoms with E-state index in [4.69, 9.17) is 4.74 Å². The number of ketones is 1. The summed E-state index contributed by atoms with van der Waals surface area (Å²) in [5.41, 5.74) is 1.57. The summed E-state index contributed by atoms with van der Waals surface area (Å²) in [6, 6.07) is 3.69. The highest BCUT2D eigenvalue weighted by Crippen LogP contribution is 2.21. The molecule has 2 aromatic heterocycles. The Kier molecular flexibility index (Phi) is 3.77. The second kappa shape index (κ2) is 5.31. The number of rotatable bonds is 4. The summed E-state index contributed by atoms with van der Waals surface area (Å²) in [5.74, 6) is 0.634. The number of hydrogen-bond acceptors (Lipinski definition) is 4. The van der Waals surface area contributed by atoms with Crippen LogP contribution in [0.3, 0.4) is 0 Å². The van der Waals surface area contributed by atoms with E-state index >= 15 is 0 Å². The third kappa shape index (κ3) is 2.76. The zero-order chi connectivity index (χ0) is 13.1. The molecule has 0 saturated carbocycles. The van der Waals surface area contributed by atoms with Crippen molar-refractivity contribution in [2.45, 2.75) is 26.9 Å². The lowest BCUT2D eigenvalue weighted by Gasteiger charge is -2.09. The second-order valence-corrected chi connectivity index (χ2v) is 5.25. The van der Waals surface area contributed by atoms with Crippen molar-refractivity contribution in [3.63, 3.8) is 0 Å². The number of carbonyl (C=O) groups excluding carboxylic acids is 1. The molecule has 3 nitrogen and oxygen atoms in total. The van der Waals surface area contributed by atoms with Crippen molar-refractivity contribution in [3.8, 4) is 5.75 Å². The Morgan fingerprint density at radius 3 is 2.78 bits per heavy atom. The lowest BCUT2D eigenvalue weighted by molar-refractivity contribution is 0.104. The van der Waals surface area contributed by atoms with E-state index in [1.165, 1.54) is 11.3 Å². The molecule has 0 saturated heterocycles. The molecule has 2 rings (SSSR count). The van der Waals surface area contributed by atoms with E-state index in [0.29, 0.717) is 11.3 Å². The zero-order valence-electron chi connectivity index (χ0n) is 10.6. The van der Waals surface area contributed by atoms with Crippen molar-refractivity contribution in [1.29, 1.82) is 0 Å². The Hall–Kier alpha value is -1.68. The van der Waals surface area contributed by atoms with Gasteiger partial charge in [-0.1, -0.05) is 0 Å². The Bertz CT molecular complexity index is 560. The summed E-state index contributed by atoms with van der Waals surface area (Å²) >= 11 is 1.45. The molecule has 0 aromatic carbocycles. The fourth-order valence-corrected chi connectivity index (χ4v) is 2.50. The summed E-state index contributed by atoms with van der Waals surface area (Å²) in [6.45, 7) is 5.82. The maximum Gasteiger partial charge on any atom is 0.204 e. The average molecular weight is 261 g/mol. The molecule has 0 radical (unpaired) electrons. The predicted octanol–water partition coefficient (Wildman–Crippen LogP) is 3.47. The van der Waals surface area contributed by atoms with E-state index in [1.807, 2.05) is 32.2 Å². The first kappa shape index (κ1) is 12.8. The summed E-state index contributed by atoms with van der Waals surface area (Å²) < 4.78 is 5.54. The van der Waals surface area contributed by atoms with Gasteiger partial charge in [0.05, 0.1) is 17.2 Å². The monoisotopic (exact) mass is 261 g/mol. The van der Waals surface area contributed by atoms with Gasteiger partial charge in [0, 0.05) is 11.8 Å². The molecule has 0 aliphatic carbocycles. The van der Waals surface area contributed by atoms with Gasteiger partial charge < -0.3 is 4.74 Å². The van der Waals surface area contributed by atoms with Crippen molar-refractivity contribution in [1.82, 2.24) is 4.98 Å².